The molecule has 7 heteroatoms. The Morgan fingerprint density at radius 1 is 0.933 bits per heavy atom. The molecule has 2 atom stereocenters. The first kappa shape index (κ1) is 19.4. The van der Waals surface area contributed by atoms with Gasteiger partial charge >= 0.3 is 5.97 Å². The number of benzene rings is 3. The van der Waals surface area contributed by atoms with E-state index in [1.807, 2.05) is 0 Å². The molecule has 1 N–H and O–H groups in total. The molecule has 0 aromatic heterocycles. The molecule has 0 aliphatic carbocycles. The largest absolute Gasteiger partial charge is 0.485 e. The van der Waals surface area contributed by atoms with Gasteiger partial charge in [0, 0.05) is 11.3 Å². The number of amides is 1. The SMILES string of the molecule is O=C(O[C@H](C(=O)Nc1ccc(F)cc1)c1ccccc1)[C@@H]1COc2ccccc2O1. The topological polar surface area (TPSA) is 73.9 Å². The minimum Gasteiger partial charge on any atom is -0.485 e. The van der Waals surface area contributed by atoms with Gasteiger partial charge < -0.3 is 19.5 Å². The van der Waals surface area contributed by atoms with Crippen LogP contribution in [0.2, 0.25) is 0 Å². The van der Waals surface area contributed by atoms with Gasteiger partial charge in [0.25, 0.3) is 5.91 Å². The summed E-state index contributed by atoms with van der Waals surface area (Å²) in [7, 11) is 0. The van der Waals surface area contributed by atoms with Crippen molar-refractivity contribution in [2.45, 2.75) is 12.2 Å². The predicted octanol–water partition coefficient (Wildman–Crippen LogP) is 3.89. The van der Waals surface area contributed by atoms with Crippen molar-refractivity contribution in [3.63, 3.8) is 0 Å². The van der Waals surface area contributed by atoms with Crippen molar-refractivity contribution in [1.82, 2.24) is 0 Å². The van der Waals surface area contributed by atoms with Crippen LogP contribution < -0.4 is 14.8 Å². The monoisotopic (exact) mass is 407 g/mol. The molecule has 3 aromatic carbocycles. The molecule has 0 saturated carbocycles. The predicted molar refractivity (Wildman–Crippen MR) is 107 cm³/mol. The smallest absolute Gasteiger partial charge is 0.352 e. The van der Waals surface area contributed by atoms with Gasteiger partial charge in [0.2, 0.25) is 12.2 Å². The van der Waals surface area contributed by atoms with Gasteiger partial charge in [-0.3, -0.25) is 4.79 Å². The summed E-state index contributed by atoms with van der Waals surface area (Å²) in [6.45, 7) is -0.0308. The molecule has 0 radical (unpaired) electrons. The van der Waals surface area contributed by atoms with Crippen LogP contribution >= 0.6 is 0 Å². The van der Waals surface area contributed by atoms with E-state index in [4.69, 9.17) is 14.2 Å². The number of anilines is 1. The molecule has 1 aliphatic rings. The summed E-state index contributed by atoms with van der Waals surface area (Å²) in [6.07, 6.45) is -2.23. The fraction of sp³-hybridized carbons (Fsp3) is 0.130. The molecule has 6 nitrogen and oxygen atoms in total. The molecular weight excluding hydrogens is 389 g/mol. The number of hydrogen-bond acceptors (Lipinski definition) is 5. The fourth-order valence-electron chi connectivity index (χ4n) is 2.97. The van der Waals surface area contributed by atoms with Crippen LogP contribution in [-0.4, -0.2) is 24.6 Å². The number of esters is 1. The zero-order valence-corrected chi connectivity index (χ0v) is 15.8. The van der Waals surface area contributed by atoms with Gasteiger partial charge in [-0.1, -0.05) is 42.5 Å². The second-order valence-corrected chi connectivity index (χ2v) is 6.59. The van der Waals surface area contributed by atoms with Gasteiger partial charge in [-0.25, -0.2) is 9.18 Å². The molecule has 152 valence electrons. The van der Waals surface area contributed by atoms with Gasteiger partial charge in [0.1, 0.15) is 12.4 Å². The van der Waals surface area contributed by atoms with Gasteiger partial charge in [-0.05, 0) is 36.4 Å². The van der Waals surface area contributed by atoms with E-state index < -0.39 is 29.9 Å². The lowest BCUT2D eigenvalue weighted by atomic mass is 10.1. The van der Waals surface area contributed by atoms with Crippen molar-refractivity contribution in [2.75, 3.05) is 11.9 Å². The van der Waals surface area contributed by atoms with Crippen molar-refractivity contribution in [3.05, 3.63) is 90.2 Å². The lowest BCUT2D eigenvalue weighted by molar-refractivity contribution is -0.164. The number of ether oxygens (including phenoxy) is 3. The highest BCUT2D eigenvalue weighted by Gasteiger charge is 2.33. The van der Waals surface area contributed by atoms with Gasteiger partial charge in [0.15, 0.2) is 11.5 Å². The highest BCUT2D eigenvalue weighted by molar-refractivity contribution is 5.96. The summed E-state index contributed by atoms with van der Waals surface area (Å²) in [5.41, 5.74) is 0.868. The summed E-state index contributed by atoms with van der Waals surface area (Å²) in [6, 6.07) is 20.9. The Bertz CT molecular complexity index is 1040. The fourth-order valence-corrected chi connectivity index (χ4v) is 2.97. The Morgan fingerprint density at radius 3 is 2.33 bits per heavy atom. The third kappa shape index (κ3) is 4.41. The normalized spacial score (nSPS) is 15.7. The lowest BCUT2D eigenvalue weighted by Crippen LogP contribution is -2.39. The first-order chi connectivity index (χ1) is 14.6. The Kier molecular flexibility index (Phi) is 5.61. The number of halogens is 1. The maximum absolute atomic E-state index is 13.1. The second kappa shape index (κ2) is 8.65. The molecular formula is C23H18FNO5. The lowest BCUT2D eigenvalue weighted by Gasteiger charge is -2.26. The number of fused-ring (bicyclic) bond motifs is 1. The molecule has 0 bridgehead atoms. The van der Waals surface area contributed by atoms with Crippen LogP contribution in [0, 0.1) is 5.82 Å². The van der Waals surface area contributed by atoms with Gasteiger partial charge in [0.05, 0.1) is 0 Å². The number of hydrogen-bond donors (Lipinski definition) is 1. The summed E-state index contributed by atoms with van der Waals surface area (Å²) >= 11 is 0. The van der Waals surface area contributed by atoms with E-state index >= 15 is 0 Å². The summed E-state index contributed by atoms with van der Waals surface area (Å²) in [4.78, 5) is 25.6. The van der Waals surface area contributed by atoms with E-state index in [0.717, 1.165) is 0 Å². The van der Waals surface area contributed by atoms with Crippen LogP contribution in [0.3, 0.4) is 0 Å². The number of carbonyl (C=O) groups excluding carboxylic acids is 2. The molecule has 0 spiro atoms. The Morgan fingerprint density at radius 2 is 1.60 bits per heavy atom. The zero-order chi connectivity index (χ0) is 20.9. The third-order valence-electron chi connectivity index (χ3n) is 4.46. The van der Waals surface area contributed by atoms with Crippen molar-refractivity contribution in [3.8, 4) is 11.5 Å². The van der Waals surface area contributed by atoms with E-state index in [-0.39, 0.29) is 6.61 Å². The molecule has 0 saturated heterocycles. The number of para-hydroxylation sites is 2. The van der Waals surface area contributed by atoms with Crippen molar-refractivity contribution < 1.29 is 28.2 Å². The number of rotatable bonds is 5. The highest BCUT2D eigenvalue weighted by atomic mass is 19.1. The minimum absolute atomic E-state index is 0.0308. The van der Waals surface area contributed by atoms with Crippen molar-refractivity contribution in [2.24, 2.45) is 0 Å². The minimum atomic E-state index is -1.22. The Balaban J connectivity index is 1.51. The van der Waals surface area contributed by atoms with E-state index in [0.29, 0.717) is 22.7 Å². The first-order valence-corrected chi connectivity index (χ1v) is 9.30. The molecule has 0 fully saturated rings. The molecule has 1 aliphatic heterocycles. The molecule has 0 unspecified atom stereocenters. The molecule has 3 aromatic rings. The van der Waals surface area contributed by atoms with Crippen LogP contribution in [-0.2, 0) is 14.3 Å². The standard InChI is InChI=1S/C23H18FNO5/c24-16-10-12-17(13-11-16)25-22(26)21(15-6-2-1-3-7-15)30-23(27)20-14-28-18-8-4-5-9-19(18)29-20/h1-13,20-21H,14H2,(H,25,26)/t20-,21-/m0/s1. The van der Waals surface area contributed by atoms with Crippen LogP contribution in [0.5, 0.6) is 11.5 Å². The average molecular weight is 407 g/mol. The molecule has 4 rings (SSSR count). The maximum atomic E-state index is 13.1. The van der Waals surface area contributed by atoms with Crippen LogP contribution in [0.25, 0.3) is 0 Å². The Labute approximate surface area is 172 Å². The van der Waals surface area contributed by atoms with E-state index in [1.165, 1.54) is 24.3 Å². The van der Waals surface area contributed by atoms with Gasteiger partial charge in [-0.2, -0.15) is 0 Å². The van der Waals surface area contributed by atoms with Crippen molar-refractivity contribution >= 4 is 17.6 Å². The summed E-state index contributed by atoms with van der Waals surface area (Å²) in [5, 5.41) is 2.64. The average Bonchev–Trinajstić information content (AvgIpc) is 2.79. The van der Waals surface area contributed by atoms with Gasteiger partial charge in [-0.15, -0.1) is 0 Å². The number of carbonyl (C=O) groups is 2. The second-order valence-electron chi connectivity index (χ2n) is 6.59. The Hall–Kier alpha value is -3.87. The van der Waals surface area contributed by atoms with Crippen molar-refractivity contribution in [1.29, 1.82) is 0 Å². The van der Waals surface area contributed by atoms with E-state index in [1.54, 1.807) is 54.6 Å². The molecule has 30 heavy (non-hydrogen) atoms. The van der Waals surface area contributed by atoms with Crippen LogP contribution in [0.1, 0.15) is 11.7 Å². The highest BCUT2D eigenvalue weighted by Crippen LogP contribution is 2.32. The quantitative estimate of drug-likeness (QED) is 0.650. The van der Waals surface area contributed by atoms with Crippen LogP contribution in [0.15, 0.2) is 78.9 Å². The zero-order valence-electron chi connectivity index (χ0n) is 15.8. The van der Waals surface area contributed by atoms with E-state index in [9.17, 15) is 14.0 Å². The molecule has 1 amide bonds. The molecule has 1 heterocycles. The number of nitrogens with one attached hydrogen (secondary N) is 1. The summed E-state index contributed by atoms with van der Waals surface area (Å²) in [5.74, 6) is -0.757. The maximum Gasteiger partial charge on any atom is 0.352 e. The summed E-state index contributed by atoms with van der Waals surface area (Å²) < 4.78 is 29.9. The van der Waals surface area contributed by atoms with E-state index in [2.05, 4.69) is 5.32 Å². The first-order valence-electron chi connectivity index (χ1n) is 9.30. The van der Waals surface area contributed by atoms with Crippen LogP contribution in [0.4, 0.5) is 10.1 Å². The third-order valence-corrected chi connectivity index (χ3v) is 4.46.